The fraction of sp³-hybridized carbons (Fsp3) is 0.571. The SMILES string of the molecule is C=CO[PH](=O)O.C[N+](C)(C)CC(=O)O. The van der Waals surface area contributed by atoms with Gasteiger partial charge in [-0.1, -0.05) is 6.58 Å². The molecule has 7 heteroatoms. The van der Waals surface area contributed by atoms with Crippen LogP contribution in [0.2, 0.25) is 0 Å². The predicted octanol–water partition coefficient (Wildman–Crippen LogP) is 0.306. The van der Waals surface area contributed by atoms with Crippen LogP contribution in [0, 0.1) is 0 Å². The van der Waals surface area contributed by atoms with Gasteiger partial charge in [-0.15, -0.1) is 0 Å². The van der Waals surface area contributed by atoms with E-state index in [1.54, 1.807) is 0 Å². The summed E-state index contributed by atoms with van der Waals surface area (Å²) in [5.41, 5.74) is 0. The molecule has 0 aliphatic heterocycles. The number of likely N-dealkylation sites (N-methyl/N-ethyl adjacent to an activating group) is 1. The van der Waals surface area contributed by atoms with Gasteiger partial charge in [-0.25, -0.2) is 9.36 Å². The van der Waals surface area contributed by atoms with Crippen LogP contribution in [0.4, 0.5) is 0 Å². The molecule has 0 saturated carbocycles. The topological polar surface area (TPSA) is 83.8 Å². The Balaban J connectivity index is 0. The minimum absolute atomic E-state index is 0.181. The maximum absolute atomic E-state index is 10.00. The van der Waals surface area contributed by atoms with Gasteiger partial charge in [0, 0.05) is 0 Å². The lowest BCUT2D eigenvalue weighted by Gasteiger charge is -2.20. The van der Waals surface area contributed by atoms with Gasteiger partial charge < -0.3 is 19.0 Å². The highest BCUT2D eigenvalue weighted by molar-refractivity contribution is 7.32. The number of nitrogens with zero attached hydrogens (tertiary/aromatic N) is 1. The molecule has 0 spiro atoms. The minimum atomic E-state index is -2.75. The van der Waals surface area contributed by atoms with Crippen LogP contribution < -0.4 is 0 Å². The van der Waals surface area contributed by atoms with Crippen LogP contribution in [0.5, 0.6) is 0 Å². The molecule has 1 unspecified atom stereocenters. The molecule has 0 saturated heterocycles. The number of hydrogen-bond donors (Lipinski definition) is 2. The van der Waals surface area contributed by atoms with Crippen molar-refractivity contribution in [2.75, 3.05) is 27.7 Å². The number of quaternary nitrogens is 1. The highest BCUT2D eigenvalue weighted by Gasteiger charge is 2.11. The molecule has 0 aliphatic rings. The lowest BCUT2D eigenvalue weighted by Crippen LogP contribution is -2.39. The quantitative estimate of drug-likeness (QED) is 0.409. The van der Waals surface area contributed by atoms with Crippen molar-refractivity contribution < 1.29 is 28.4 Å². The zero-order chi connectivity index (χ0) is 11.8. The van der Waals surface area contributed by atoms with E-state index in [4.69, 9.17) is 10.00 Å². The van der Waals surface area contributed by atoms with Gasteiger partial charge in [0.05, 0.1) is 27.4 Å². The maximum Gasteiger partial charge on any atom is 0.364 e. The van der Waals surface area contributed by atoms with E-state index in [1.807, 2.05) is 21.1 Å². The molecule has 0 bridgehead atoms. The van der Waals surface area contributed by atoms with Crippen LogP contribution in [0.1, 0.15) is 0 Å². The second-order valence-electron chi connectivity index (χ2n) is 3.39. The Morgan fingerprint density at radius 1 is 1.57 bits per heavy atom. The van der Waals surface area contributed by atoms with Crippen molar-refractivity contribution >= 4 is 14.2 Å². The Morgan fingerprint density at radius 3 is 2.00 bits per heavy atom. The summed E-state index contributed by atoms with van der Waals surface area (Å²) in [6.07, 6.45) is 0.932. The molecule has 14 heavy (non-hydrogen) atoms. The first kappa shape index (κ1) is 15.6. The van der Waals surface area contributed by atoms with E-state index in [9.17, 15) is 9.36 Å². The molecule has 0 fully saturated rings. The molecule has 0 aromatic carbocycles. The van der Waals surface area contributed by atoms with Crippen LogP contribution in [0.25, 0.3) is 0 Å². The molecule has 0 heterocycles. The molecular formula is C7H17NO5P+. The summed E-state index contributed by atoms with van der Waals surface area (Å²) in [5, 5.41) is 8.23. The first-order valence-electron chi connectivity index (χ1n) is 3.71. The van der Waals surface area contributed by atoms with Crippen LogP contribution in [0.3, 0.4) is 0 Å². The Labute approximate surface area is 84.0 Å². The molecule has 0 aliphatic carbocycles. The smallest absolute Gasteiger partial charge is 0.364 e. The molecule has 0 aromatic heterocycles. The van der Waals surface area contributed by atoms with E-state index in [0.717, 1.165) is 6.26 Å². The second-order valence-corrected chi connectivity index (χ2v) is 4.16. The summed E-state index contributed by atoms with van der Waals surface area (Å²) < 4.78 is 13.9. The molecule has 6 nitrogen and oxygen atoms in total. The summed E-state index contributed by atoms with van der Waals surface area (Å²) in [6, 6.07) is 0. The molecule has 0 amide bonds. The van der Waals surface area contributed by atoms with Crippen LogP contribution in [-0.2, 0) is 13.9 Å². The third kappa shape index (κ3) is 22.5. The van der Waals surface area contributed by atoms with Gasteiger partial charge in [-0.2, -0.15) is 0 Å². The fourth-order valence-corrected chi connectivity index (χ4v) is 0.620. The Morgan fingerprint density at radius 2 is 2.00 bits per heavy atom. The van der Waals surface area contributed by atoms with Crippen molar-refractivity contribution in [3.8, 4) is 0 Å². The second kappa shape index (κ2) is 7.55. The van der Waals surface area contributed by atoms with Crippen molar-refractivity contribution in [1.29, 1.82) is 0 Å². The van der Waals surface area contributed by atoms with Crippen molar-refractivity contribution in [3.63, 3.8) is 0 Å². The predicted molar refractivity (Wildman–Crippen MR) is 53.0 cm³/mol. The molecule has 2 N–H and O–H groups in total. The zero-order valence-corrected chi connectivity index (χ0v) is 9.56. The number of hydrogen-bond acceptors (Lipinski definition) is 3. The molecule has 84 valence electrons. The van der Waals surface area contributed by atoms with Gasteiger partial charge >= 0.3 is 14.2 Å². The molecule has 1 atom stereocenters. The number of carboxylic acid groups (broad SMARTS) is 1. The maximum atomic E-state index is 10.00. The first-order valence-corrected chi connectivity index (χ1v) is 4.98. The monoisotopic (exact) mass is 226 g/mol. The highest BCUT2D eigenvalue weighted by atomic mass is 31.1. The first-order chi connectivity index (χ1) is 6.19. The average molecular weight is 226 g/mol. The van der Waals surface area contributed by atoms with E-state index in [-0.39, 0.29) is 6.54 Å². The number of carboxylic acids is 1. The summed E-state index contributed by atoms with van der Waals surface area (Å²) in [4.78, 5) is 17.8. The number of carbonyl (C=O) groups is 1. The minimum Gasteiger partial charge on any atom is -0.477 e. The summed E-state index contributed by atoms with van der Waals surface area (Å²) in [7, 11) is 2.77. The highest BCUT2D eigenvalue weighted by Crippen LogP contribution is 2.12. The third-order valence-electron chi connectivity index (χ3n) is 0.794. The van der Waals surface area contributed by atoms with Crippen LogP contribution in [-0.4, -0.2) is 48.1 Å². The molecule has 0 rings (SSSR count). The Bertz CT molecular complexity index is 211. The van der Waals surface area contributed by atoms with Crippen LogP contribution >= 0.6 is 8.25 Å². The summed E-state index contributed by atoms with van der Waals surface area (Å²) >= 11 is 0. The normalized spacial score (nSPS) is 12.0. The molecule has 0 aromatic rings. The fourth-order valence-electron chi connectivity index (χ4n) is 0.477. The van der Waals surface area contributed by atoms with Gasteiger partial charge in [0.2, 0.25) is 0 Å². The van der Waals surface area contributed by atoms with E-state index >= 15 is 0 Å². The van der Waals surface area contributed by atoms with Crippen molar-refractivity contribution in [2.45, 2.75) is 0 Å². The number of rotatable bonds is 4. The Kier molecular flexibility index (Phi) is 8.43. The van der Waals surface area contributed by atoms with E-state index in [0.29, 0.717) is 4.48 Å². The van der Waals surface area contributed by atoms with E-state index in [1.165, 1.54) is 0 Å². The Hall–Kier alpha value is -0.840. The van der Waals surface area contributed by atoms with Crippen molar-refractivity contribution in [2.24, 2.45) is 0 Å². The largest absolute Gasteiger partial charge is 0.477 e. The van der Waals surface area contributed by atoms with Crippen molar-refractivity contribution in [3.05, 3.63) is 12.8 Å². The molecule has 0 radical (unpaired) electrons. The van der Waals surface area contributed by atoms with Gasteiger partial charge in [0.25, 0.3) is 0 Å². The lowest BCUT2D eigenvalue weighted by atomic mass is 10.5. The van der Waals surface area contributed by atoms with Gasteiger partial charge in [0.15, 0.2) is 6.54 Å². The van der Waals surface area contributed by atoms with Gasteiger partial charge in [0.1, 0.15) is 0 Å². The molecular weight excluding hydrogens is 209 g/mol. The average Bonchev–Trinajstić information content (AvgIpc) is 1.80. The zero-order valence-electron chi connectivity index (χ0n) is 8.56. The van der Waals surface area contributed by atoms with E-state index < -0.39 is 14.2 Å². The third-order valence-corrected chi connectivity index (χ3v) is 1.16. The van der Waals surface area contributed by atoms with Crippen LogP contribution in [0.15, 0.2) is 12.8 Å². The van der Waals surface area contributed by atoms with Gasteiger partial charge in [-0.3, -0.25) is 0 Å². The standard InChI is InChI=1S/C5H11NO2.C2H5O3P/c1-6(2,3)4-5(7)8;1-2-5-6(3)4/h4H2,1-3H3;2,6H,1H2,(H,3,4)/p+1. The van der Waals surface area contributed by atoms with Crippen molar-refractivity contribution in [1.82, 2.24) is 0 Å². The number of aliphatic carboxylic acids is 1. The van der Waals surface area contributed by atoms with E-state index in [2.05, 4.69) is 11.1 Å². The lowest BCUT2D eigenvalue weighted by molar-refractivity contribution is -0.862. The summed E-state index contributed by atoms with van der Waals surface area (Å²) in [6.45, 7) is 3.22. The summed E-state index contributed by atoms with van der Waals surface area (Å²) in [5.74, 6) is -0.752. The van der Waals surface area contributed by atoms with Gasteiger partial charge in [-0.05, 0) is 0 Å².